The van der Waals surface area contributed by atoms with Crippen molar-refractivity contribution in [3.63, 3.8) is 0 Å². The van der Waals surface area contributed by atoms with E-state index in [-0.39, 0.29) is 0 Å². The summed E-state index contributed by atoms with van der Waals surface area (Å²) in [5.41, 5.74) is 0. The summed E-state index contributed by atoms with van der Waals surface area (Å²) in [6.07, 6.45) is 5.10. The van der Waals surface area contributed by atoms with Crippen molar-refractivity contribution in [1.82, 2.24) is 9.97 Å². The summed E-state index contributed by atoms with van der Waals surface area (Å²) in [5, 5.41) is 3.10. The summed E-state index contributed by atoms with van der Waals surface area (Å²) in [5.74, 6) is 2.83. The van der Waals surface area contributed by atoms with Gasteiger partial charge in [-0.15, -0.1) is 0 Å². The van der Waals surface area contributed by atoms with Crippen LogP contribution in [0, 0.1) is 6.92 Å². The standard InChI is InChI=1S/C13H22N4/c1-4-11-7-5-6-8-17(11)13-9-12(14-3)15-10(2)16-13/h9,11H,4-8H2,1-3H3,(H,14,15,16)/t11-/m0/s1. The van der Waals surface area contributed by atoms with E-state index in [1.54, 1.807) is 0 Å². The topological polar surface area (TPSA) is 41.0 Å². The van der Waals surface area contributed by atoms with E-state index >= 15 is 0 Å². The van der Waals surface area contributed by atoms with Crippen LogP contribution in [0.4, 0.5) is 11.6 Å². The maximum atomic E-state index is 4.58. The predicted molar refractivity (Wildman–Crippen MR) is 71.6 cm³/mol. The van der Waals surface area contributed by atoms with Crippen LogP contribution in [0.1, 0.15) is 38.4 Å². The molecule has 1 N–H and O–H groups in total. The van der Waals surface area contributed by atoms with Crippen molar-refractivity contribution in [2.24, 2.45) is 0 Å². The summed E-state index contributed by atoms with van der Waals surface area (Å²) >= 11 is 0. The first-order valence-electron chi connectivity index (χ1n) is 6.54. The van der Waals surface area contributed by atoms with Gasteiger partial charge in [-0.05, 0) is 32.6 Å². The molecule has 0 radical (unpaired) electrons. The summed E-state index contributed by atoms with van der Waals surface area (Å²) < 4.78 is 0. The van der Waals surface area contributed by atoms with E-state index in [0.717, 1.165) is 24.0 Å². The highest BCUT2D eigenvalue weighted by atomic mass is 15.2. The maximum absolute atomic E-state index is 4.58. The van der Waals surface area contributed by atoms with E-state index in [1.807, 2.05) is 14.0 Å². The van der Waals surface area contributed by atoms with Gasteiger partial charge in [-0.25, -0.2) is 9.97 Å². The van der Waals surface area contributed by atoms with Crippen LogP contribution in [0.3, 0.4) is 0 Å². The Bertz CT molecular complexity index is 378. The Hall–Kier alpha value is -1.32. The first-order valence-corrected chi connectivity index (χ1v) is 6.54. The molecule has 0 saturated carbocycles. The predicted octanol–water partition coefficient (Wildman–Crippen LogP) is 2.60. The molecule has 1 aliphatic heterocycles. The van der Waals surface area contributed by atoms with E-state index in [0.29, 0.717) is 6.04 Å². The third-order valence-corrected chi connectivity index (χ3v) is 3.47. The molecule has 17 heavy (non-hydrogen) atoms. The summed E-state index contributed by atoms with van der Waals surface area (Å²) in [7, 11) is 1.90. The van der Waals surface area contributed by atoms with Gasteiger partial charge in [-0.3, -0.25) is 0 Å². The maximum Gasteiger partial charge on any atom is 0.134 e. The molecule has 2 rings (SSSR count). The van der Waals surface area contributed by atoms with Crippen molar-refractivity contribution in [2.75, 3.05) is 23.8 Å². The number of aryl methyl sites for hydroxylation is 1. The summed E-state index contributed by atoms with van der Waals surface area (Å²) in [6, 6.07) is 2.70. The van der Waals surface area contributed by atoms with E-state index in [4.69, 9.17) is 0 Å². The molecule has 1 aromatic heterocycles. The number of hydrogen-bond acceptors (Lipinski definition) is 4. The van der Waals surface area contributed by atoms with Crippen LogP contribution in [0.15, 0.2) is 6.07 Å². The number of anilines is 2. The second-order valence-electron chi connectivity index (χ2n) is 4.66. The van der Waals surface area contributed by atoms with Crippen LogP contribution in [0.2, 0.25) is 0 Å². The largest absolute Gasteiger partial charge is 0.373 e. The minimum absolute atomic E-state index is 0.641. The first-order chi connectivity index (χ1) is 8.24. The average molecular weight is 234 g/mol. The molecule has 0 aliphatic carbocycles. The molecule has 1 saturated heterocycles. The smallest absolute Gasteiger partial charge is 0.134 e. The van der Waals surface area contributed by atoms with Crippen LogP contribution in [0.25, 0.3) is 0 Å². The molecule has 1 aromatic rings. The van der Waals surface area contributed by atoms with Crippen molar-refractivity contribution in [3.8, 4) is 0 Å². The van der Waals surface area contributed by atoms with Crippen molar-refractivity contribution >= 4 is 11.6 Å². The molecule has 0 spiro atoms. The lowest BCUT2D eigenvalue weighted by Crippen LogP contribution is -2.39. The third-order valence-electron chi connectivity index (χ3n) is 3.47. The number of piperidine rings is 1. The Morgan fingerprint density at radius 1 is 1.41 bits per heavy atom. The number of nitrogens with zero attached hydrogens (tertiary/aromatic N) is 3. The number of aromatic nitrogens is 2. The minimum Gasteiger partial charge on any atom is -0.373 e. The molecule has 0 unspecified atom stereocenters. The van der Waals surface area contributed by atoms with Gasteiger partial charge in [0, 0.05) is 25.7 Å². The monoisotopic (exact) mass is 234 g/mol. The van der Waals surface area contributed by atoms with Crippen LogP contribution in [-0.2, 0) is 0 Å². The van der Waals surface area contributed by atoms with Gasteiger partial charge in [0.1, 0.15) is 17.5 Å². The van der Waals surface area contributed by atoms with Crippen molar-refractivity contribution in [3.05, 3.63) is 11.9 Å². The van der Waals surface area contributed by atoms with E-state index in [1.165, 1.54) is 25.7 Å². The van der Waals surface area contributed by atoms with Crippen molar-refractivity contribution < 1.29 is 0 Å². The third kappa shape index (κ3) is 2.68. The number of nitrogens with one attached hydrogen (secondary N) is 1. The highest BCUT2D eigenvalue weighted by Gasteiger charge is 2.22. The molecule has 0 aromatic carbocycles. The van der Waals surface area contributed by atoms with Crippen LogP contribution < -0.4 is 10.2 Å². The minimum atomic E-state index is 0.641. The normalized spacial score (nSPS) is 20.4. The molecule has 94 valence electrons. The van der Waals surface area contributed by atoms with Gasteiger partial charge in [0.05, 0.1) is 0 Å². The van der Waals surface area contributed by atoms with Gasteiger partial charge in [0.25, 0.3) is 0 Å². The fourth-order valence-electron chi connectivity index (χ4n) is 2.55. The fourth-order valence-corrected chi connectivity index (χ4v) is 2.55. The van der Waals surface area contributed by atoms with Crippen LogP contribution in [-0.4, -0.2) is 29.6 Å². The van der Waals surface area contributed by atoms with E-state index in [9.17, 15) is 0 Å². The van der Waals surface area contributed by atoms with Crippen molar-refractivity contribution in [1.29, 1.82) is 0 Å². The Balaban J connectivity index is 2.27. The van der Waals surface area contributed by atoms with Gasteiger partial charge in [-0.2, -0.15) is 0 Å². The lowest BCUT2D eigenvalue weighted by molar-refractivity contribution is 0.446. The van der Waals surface area contributed by atoms with Gasteiger partial charge in [0.2, 0.25) is 0 Å². The Labute approximate surface area is 103 Å². The lowest BCUT2D eigenvalue weighted by Gasteiger charge is -2.36. The quantitative estimate of drug-likeness (QED) is 0.872. The Morgan fingerprint density at radius 3 is 2.94 bits per heavy atom. The zero-order valence-corrected chi connectivity index (χ0v) is 11.0. The summed E-state index contributed by atoms with van der Waals surface area (Å²) in [6.45, 7) is 5.34. The SMILES string of the molecule is CC[C@H]1CCCCN1c1cc(NC)nc(C)n1. The molecule has 4 nitrogen and oxygen atoms in total. The lowest BCUT2D eigenvalue weighted by atomic mass is 10.00. The molecule has 2 heterocycles. The molecule has 1 fully saturated rings. The zero-order chi connectivity index (χ0) is 12.3. The molecule has 0 bridgehead atoms. The fraction of sp³-hybridized carbons (Fsp3) is 0.692. The summed E-state index contributed by atoms with van der Waals surface area (Å²) in [4.78, 5) is 11.4. The van der Waals surface area contributed by atoms with E-state index in [2.05, 4.69) is 33.2 Å². The average Bonchev–Trinajstić information content (AvgIpc) is 2.37. The zero-order valence-electron chi connectivity index (χ0n) is 11.0. The van der Waals surface area contributed by atoms with Gasteiger partial charge in [-0.1, -0.05) is 6.92 Å². The highest BCUT2D eigenvalue weighted by molar-refractivity contribution is 5.50. The second-order valence-corrected chi connectivity index (χ2v) is 4.66. The molecular weight excluding hydrogens is 212 g/mol. The molecular formula is C13H22N4. The van der Waals surface area contributed by atoms with Crippen LogP contribution >= 0.6 is 0 Å². The Morgan fingerprint density at radius 2 is 2.24 bits per heavy atom. The van der Waals surface area contributed by atoms with E-state index < -0.39 is 0 Å². The molecule has 4 heteroatoms. The van der Waals surface area contributed by atoms with Gasteiger partial charge < -0.3 is 10.2 Å². The number of hydrogen-bond donors (Lipinski definition) is 1. The first kappa shape index (κ1) is 12.1. The number of rotatable bonds is 3. The van der Waals surface area contributed by atoms with Gasteiger partial charge >= 0.3 is 0 Å². The molecule has 1 aliphatic rings. The molecule has 1 atom stereocenters. The molecule has 0 amide bonds. The van der Waals surface area contributed by atoms with Crippen LogP contribution in [0.5, 0.6) is 0 Å². The van der Waals surface area contributed by atoms with Gasteiger partial charge in [0.15, 0.2) is 0 Å². The highest BCUT2D eigenvalue weighted by Crippen LogP contribution is 2.26. The Kier molecular flexibility index (Phi) is 3.82. The van der Waals surface area contributed by atoms with Crippen molar-refractivity contribution in [2.45, 2.75) is 45.6 Å². The second kappa shape index (κ2) is 5.34.